The van der Waals surface area contributed by atoms with E-state index < -0.39 is 0 Å². The van der Waals surface area contributed by atoms with Crippen LogP contribution in [-0.4, -0.2) is 35.0 Å². The second-order valence-electron chi connectivity index (χ2n) is 6.22. The van der Waals surface area contributed by atoms with Gasteiger partial charge in [0.2, 0.25) is 0 Å². The number of aromatic nitrogens is 3. The number of carbonyl (C=O) groups is 1. The summed E-state index contributed by atoms with van der Waals surface area (Å²) in [4.78, 5) is 27.1. The molecule has 2 heterocycles. The molecule has 0 saturated carbocycles. The number of rotatable bonds is 7. The standard InChI is InChI=1S/C20H20ClN5OS/c1-26(2)18-11-17(21)24-20(25-18)28-13-14-6-8-15(9-7-14)19(27)23-12-16-5-3-4-10-22-16/h3-11H,12-13H2,1-2H3,(H,23,27). The van der Waals surface area contributed by atoms with Crippen LogP contribution in [-0.2, 0) is 12.3 Å². The lowest BCUT2D eigenvalue weighted by Gasteiger charge is -2.12. The summed E-state index contributed by atoms with van der Waals surface area (Å²) in [5.41, 5.74) is 2.50. The van der Waals surface area contributed by atoms with Crippen LogP contribution in [0.1, 0.15) is 21.6 Å². The predicted molar refractivity (Wildman–Crippen MR) is 113 cm³/mol. The van der Waals surface area contributed by atoms with Crippen molar-refractivity contribution >= 4 is 35.1 Å². The first-order chi connectivity index (χ1) is 13.5. The molecule has 28 heavy (non-hydrogen) atoms. The Balaban J connectivity index is 1.56. The minimum Gasteiger partial charge on any atom is -0.363 e. The molecule has 0 aliphatic carbocycles. The minimum absolute atomic E-state index is 0.126. The fraction of sp³-hybridized carbons (Fsp3) is 0.200. The predicted octanol–water partition coefficient (Wildman–Crippen LogP) is 3.81. The largest absolute Gasteiger partial charge is 0.363 e. The minimum atomic E-state index is -0.126. The van der Waals surface area contributed by atoms with Gasteiger partial charge >= 0.3 is 0 Å². The molecule has 1 amide bonds. The highest BCUT2D eigenvalue weighted by Crippen LogP contribution is 2.24. The number of benzene rings is 1. The molecule has 0 aliphatic rings. The normalized spacial score (nSPS) is 10.5. The highest BCUT2D eigenvalue weighted by atomic mass is 35.5. The second-order valence-corrected chi connectivity index (χ2v) is 7.54. The van der Waals surface area contributed by atoms with E-state index in [1.807, 2.05) is 61.5 Å². The first-order valence-electron chi connectivity index (χ1n) is 8.63. The SMILES string of the molecule is CN(C)c1cc(Cl)nc(SCc2ccc(C(=O)NCc3ccccn3)cc2)n1. The zero-order valence-electron chi connectivity index (χ0n) is 15.6. The molecule has 0 atom stereocenters. The summed E-state index contributed by atoms with van der Waals surface area (Å²) in [6, 6.07) is 14.8. The van der Waals surface area contributed by atoms with E-state index in [4.69, 9.17) is 11.6 Å². The van der Waals surface area contributed by atoms with E-state index in [1.54, 1.807) is 12.3 Å². The maximum Gasteiger partial charge on any atom is 0.251 e. The van der Waals surface area contributed by atoms with E-state index in [1.165, 1.54) is 11.8 Å². The molecule has 0 saturated heterocycles. The maximum atomic E-state index is 12.3. The van der Waals surface area contributed by atoms with Crippen molar-refractivity contribution in [2.75, 3.05) is 19.0 Å². The van der Waals surface area contributed by atoms with Crippen LogP contribution >= 0.6 is 23.4 Å². The van der Waals surface area contributed by atoms with Crippen LogP contribution in [0.3, 0.4) is 0 Å². The summed E-state index contributed by atoms with van der Waals surface area (Å²) in [5.74, 6) is 1.32. The topological polar surface area (TPSA) is 71.0 Å². The van der Waals surface area contributed by atoms with Crippen molar-refractivity contribution in [2.24, 2.45) is 0 Å². The molecule has 144 valence electrons. The monoisotopic (exact) mass is 413 g/mol. The Hall–Kier alpha value is -2.64. The molecule has 0 radical (unpaired) electrons. The number of halogens is 1. The molecular weight excluding hydrogens is 394 g/mol. The number of pyridine rings is 1. The number of thioether (sulfide) groups is 1. The van der Waals surface area contributed by atoms with Crippen molar-refractivity contribution in [1.82, 2.24) is 20.3 Å². The molecule has 0 fully saturated rings. The van der Waals surface area contributed by atoms with E-state index in [-0.39, 0.29) is 5.91 Å². The van der Waals surface area contributed by atoms with E-state index >= 15 is 0 Å². The molecule has 6 nitrogen and oxygen atoms in total. The van der Waals surface area contributed by atoms with E-state index in [0.29, 0.717) is 28.2 Å². The molecule has 1 aromatic carbocycles. The number of nitrogens with one attached hydrogen (secondary N) is 1. The van der Waals surface area contributed by atoms with Crippen LogP contribution in [0.5, 0.6) is 0 Å². The molecule has 0 spiro atoms. The molecule has 8 heteroatoms. The Morgan fingerprint density at radius 3 is 2.61 bits per heavy atom. The Labute approximate surface area is 173 Å². The van der Waals surface area contributed by atoms with Gasteiger partial charge in [-0.15, -0.1) is 0 Å². The van der Waals surface area contributed by atoms with Crippen LogP contribution in [0.15, 0.2) is 59.9 Å². The van der Waals surface area contributed by atoms with Gasteiger partial charge in [0.05, 0.1) is 12.2 Å². The van der Waals surface area contributed by atoms with Gasteiger partial charge in [0, 0.05) is 37.7 Å². The Kier molecular flexibility index (Phi) is 6.84. The van der Waals surface area contributed by atoms with Crippen molar-refractivity contribution in [2.45, 2.75) is 17.5 Å². The Morgan fingerprint density at radius 1 is 1.14 bits per heavy atom. The van der Waals surface area contributed by atoms with Gasteiger partial charge in [-0.2, -0.15) is 0 Å². The van der Waals surface area contributed by atoms with E-state index in [9.17, 15) is 4.79 Å². The lowest BCUT2D eigenvalue weighted by molar-refractivity contribution is 0.0950. The van der Waals surface area contributed by atoms with Gasteiger partial charge in [-0.1, -0.05) is 41.6 Å². The first kappa shape index (κ1) is 20.1. The fourth-order valence-electron chi connectivity index (χ4n) is 2.35. The number of anilines is 1. The molecule has 3 aromatic rings. The smallest absolute Gasteiger partial charge is 0.251 e. The van der Waals surface area contributed by atoms with Crippen molar-refractivity contribution in [3.8, 4) is 0 Å². The molecule has 2 aromatic heterocycles. The summed E-state index contributed by atoms with van der Waals surface area (Å²) >= 11 is 7.56. The highest BCUT2D eigenvalue weighted by molar-refractivity contribution is 7.98. The van der Waals surface area contributed by atoms with Gasteiger partial charge in [-0.25, -0.2) is 9.97 Å². The number of carbonyl (C=O) groups excluding carboxylic acids is 1. The van der Waals surface area contributed by atoms with Crippen LogP contribution in [0.25, 0.3) is 0 Å². The lowest BCUT2D eigenvalue weighted by Crippen LogP contribution is -2.23. The third kappa shape index (κ3) is 5.68. The fourth-order valence-corrected chi connectivity index (χ4v) is 3.39. The summed E-state index contributed by atoms with van der Waals surface area (Å²) in [6.07, 6.45) is 1.71. The van der Waals surface area contributed by atoms with E-state index in [2.05, 4.69) is 20.3 Å². The van der Waals surface area contributed by atoms with Crippen LogP contribution in [0.4, 0.5) is 5.82 Å². The average Bonchev–Trinajstić information content (AvgIpc) is 2.71. The highest BCUT2D eigenvalue weighted by Gasteiger charge is 2.08. The molecular formula is C20H20ClN5OS. The molecule has 1 N–H and O–H groups in total. The van der Waals surface area contributed by atoms with E-state index in [0.717, 1.165) is 17.1 Å². The van der Waals surface area contributed by atoms with Gasteiger partial charge in [-0.05, 0) is 29.8 Å². The summed E-state index contributed by atoms with van der Waals surface area (Å²) in [7, 11) is 3.81. The third-order valence-electron chi connectivity index (χ3n) is 3.86. The van der Waals surface area contributed by atoms with Crippen LogP contribution in [0.2, 0.25) is 5.15 Å². The number of hydrogen-bond acceptors (Lipinski definition) is 6. The molecule has 0 unspecified atom stereocenters. The number of nitrogens with zero attached hydrogens (tertiary/aromatic N) is 4. The van der Waals surface area contributed by atoms with Crippen molar-refractivity contribution < 1.29 is 4.79 Å². The first-order valence-corrected chi connectivity index (χ1v) is 9.99. The Morgan fingerprint density at radius 2 is 1.93 bits per heavy atom. The molecule has 3 rings (SSSR count). The summed E-state index contributed by atoms with van der Waals surface area (Å²) < 4.78 is 0. The van der Waals surface area contributed by atoms with Gasteiger partial charge < -0.3 is 10.2 Å². The average molecular weight is 414 g/mol. The van der Waals surface area contributed by atoms with Gasteiger partial charge in [0.1, 0.15) is 11.0 Å². The summed E-state index contributed by atoms with van der Waals surface area (Å²) in [5, 5.41) is 3.91. The van der Waals surface area contributed by atoms with Gasteiger partial charge in [-0.3, -0.25) is 9.78 Å². The van der Waals surface area contributed by atoms with Crippen LogP contribution < -0.4 is 10.2 Å². The summed E-state index contributed by atoms with van der Waals surface area (Å²) in [6.45, 7) is 0.400. The Bertz CT molecular complexity index is 935. The maximum absolute atomic E-state index is 12.3. The van der Waals surface area contributed by atoms with Crippen molar-refractivity contribution in [3.63, 3.8) is 0 Å². The zero-order chi connectivity index (χ0) is 19.9. The zero-order valence-corrected chi connectivity index (χ0v) is 17.2. The van der Waals surface area contributed by atoms with Crippen molar-refractivity contribution in [3.05, 3.63) is 76.7 Å². The lowest BCUT2D eigenvalue weighted by atomic mass is 10.1. The quantitative estimate of drug-likeness (QED) is 0.361. The number of amides is 1. The van der Waals surface area contributed by atoms with Crippen LogP contribution in [0, 0.1) is 0 Å². The van der Waals surface area contributed by atoms with Crippen molar-refractivity contribution in [1.29, 1.82) is 0 Å². The second kappa shape index (κ2) is 9.52. The third-order valence-corrected chi connectivity index (χ3v) is 4.97. The molecule has 0 aliphatic heterocycles. The number of hydrogen-bond donors (Lipinski definition) is 1. The van der Waals surface area contributed by atoms with Gasteiger partial charge in [0.25, 0.3) is 5.91 Å². The van der Waals surface area contributed by atoms with Gasteiger partial charge in [0.15, 0.2) is 5.16 Å². The molecule has 0 bridgehead atoms.